The van der Waals surface area contributed by atoms with Crippen LogP contribution in [0, 0.1) is 0 Å². The van der Waals surface area contributed by atoms with Crippen LogP contribution in [0.4, 0.5) is 0 Å². The summed E-state index contributed by atoms with van der Waals surface area (Å²) in [6.45, 7) is 0. The SMILES string of the molecule is c1ccc(-c2nc(-n3c4cccc5c4c4c3ccc3c6ccccc6n5c34)nc3c4ccccc4c4ccccc4c23)cc1. The van der Waals surface area contributed by atoms with E-state index in [1.807, 2.05) is 0 Å². The minimum Gasteiger partial charge on any atom is -0.308 e. The van der Waals surface area contributed by atoms with E-state index < -0.39 is 0 Å². The number of rotatable bonds is 2. The Labute approximate surface area is 250 Å². The van der Waals surface area contributed by atoms with E-state index in [1.165, 1.54) is 54.3 Å². The Kier molecular flexibility index (Phi) is 4.04. The number of hydrogen-bond acceptors (Lipinski definition) is 2. The number of nitrogens with zero attached hydrogens (tertiary/aromatic N) is 4. The molecule has 0 fully saturated rings. The van der Waals surface area contributed by atoms with Crippen LogP contribution < -0.4 is 0 Å². The van der Waals surface area contributed by atoms with Gasteiger partial charge in [-0.3, -0.25) is 4.57 Å². The number of benzene rings is 7. The largest absolute Gasteiger partial charge is 0.308 e. The van der Waals surface area contributed by atoms with Crippen LogP contribution in [-0.4, -0.2) is 18.9 Å². The second kappa shape index (κ2) is 7.88. The van der Waals surface area contributed by atoms with E-state index in [1.54, 1.807) is 0 Å². The third kappa shape index (κ3) is 2.61. The normalized spacial score (nSPS) is 12.5. The summed E-state index contributed by atoms with van der Waals surface area (Å²) in [5, 5.41) is 10.9. The van der Waals surface area contributed by atoms with E-state index >= 15 is 0 Å². The summed E-state index contributed by atoms with van der Waals surface area (Å²) in [7, 11) is 0. The molecule has 0 amide bonds. The fourth-order valence-electron chi connectivity index (χ4n) is 7.90. The van der Waals surface area contributed by atoms with Gasteiger partial charge in [0.05, 0.1) is 38.8 Å². The molecule has 0 bridgehead atoms. The number of aromatic nitrogens is 4. The Hall–Kier alpha value is -6.00. The van der Waals surface area contributed by atoms with Crippen molar-refractivity contribution in [3.63, 3.8) is 0 Å². The van der Waals surface area contributed by atoms with Gasteiger partial charge in [-0.1, -0.05) is 109 Å². The lowest BCUT2D eigenvalue weighted by Gasteiger charge is -2.16. The lowest BCUT2D eigenvalue weighted by molar-refractivity contribution is 1.02. The van der Waals surface area contributed by atoms with Gasteiger partial charge in [-0.25, -0.2) is 9.97 Å². The summed E-state index contributed by atoms with van der Waals surface area (Å²) in [4.78, 5) is 10.9. The summed E-state index contributed by atoms with van der Waals surface area (Å²) in [6.07, 6.45) is 0. The molecule has 4 aromatic heterocycles. The van der Waals surface area contributed by atoms with E-state index in [9.17, 15) is 0 Å². The average molecular weight is 559 g/mol. The second-order valence-corrected chi connectivity index (χ2v) is 11.8. The molecule has 0 saturated carbocycles. The molecule has 0 radical (unpaired) electrons. The maximum absolute atomic E-state index is 5.47. The maximum Gasteiger partial charge on any atom is 0.235 e. The molecule has 0 aliphatic carbocycles. The van der Waals surface area contributed by atoms with Crippen LogP contribution in [-0.2, 0) is 0 Å². The summed E-state index contributed by atoms with van der Waals surface area (Å²) in [5.74, 6) is 0.692. The summed E-state index contributed by atoms with van der Waals surface area (Å²) >= 11 is 0. The standard InChI is InChI=1S/C40H22N4/c1-2-11-23(12-3-1)37-34-27-16-6-4-13-24(27)25-14-5-7-17-28(25)38(34)42-40(41-37)44-32-20-10-19-31-35(32)36-33(44)22-21-29-26-15-8-9-18-30(26)43(31)39(29)36/h1-22H. The van der Waals surface area contributed by atoms with Crippen molar-refractivity contribution in [3.05, 3.63) is 133 Å². The lowest BCUT2D eigenvalue weighted by atomic mass is 9.94. The van der Waals surface area contributed by atoms with E-state index in [-0.39, 0.29) is 0 Å². The van der Waals surface area contributed by atoms with Gasteiger partial charge < -0.3 is 4.40 Å². The lowest BCUT2D eigenvalue weighted by Crippen LogP contribution is -2.04. The van der Waals surface area contributed by atoms with E-state index in [2.05, 4.69) is 142 Å². The van der Waals surface area contributed by atoms with Crippen LogP contribution in [0.5, 0.6) is 0 Å². The Bertz CT molecular complexity index is 2930. The van der Waals surface area contributed by atoms with Gasteiger partial charge in [0.15, 0.2) is 0 Å². The fraction of sp³-hybridized carbons (Fsp3) is 0. The molecule has 4 heteroatoms. The molecule has 4 nitrogen and oxygen atoms in total. The molecule has 0 saturated heterocycles. The zero-order chi connectivity index (χ0) is 28.5. The number of hydrogen-bond donors (Lipinski definition) is 0. The second-order valence-electron chi connectivity index (χ2n) is 11.8. The van der Waals surface area contributed by atoms with Gasteiger partial charge in [0.2, 0.25) is 5.95 Å². The molecule has 7 aromatic carbocycles. The van der Waals surface area contributed by atoms with Crippen molar-refractivity contribution in [1.29, 1.82) is 0 Å². The molecule has 0 N–H and O–H groups in total. The summed E-state index contributed by atoms with van der Waals surface area (Å²) in [6, 6.07) is 47.7. The molecular weight excluding hydrogens is 536 g/mol. The van der Waals surface area contributed by atoms with Crippen LogP contribution in [0.25, 0.3) is 98.8 Å². The molecule has 44 heavy (non-hydrogen) atoms. The molecule has 4 heterocycles. The molecule has 0 spiro atoms. The summed E-state index contributed by atoms with van der Waals surface area (Å²) < 4.78 is 4.72. The van der Waals surface area contributed by atoms with E-state index in [0.717, 1.165) is 38.6 Å². The molecule has 11 aromatic rings. The zero-order valence-electron chi connectivity index (χ0n) is 23.5. The highest BCUT2D eigenvalue weighted by Crippen LogP contribution is 2.46. The molecular formula is C40H22N4. The van der Waals surface area contributed by atoms with Gasteiger partial charge in [-0.15, -0.1) is 0 Å². The Morgan fingerprint density at radius 2 is 1.02 bits per heavy atom. The van der Waals surface area contributed by atoms with E-state index in [0.29, 0.717) is 5.95 Å². The van der Waals surface area contributed by atoms with Gasteiger partial charge in [0, 0.05) is 37.9 Å². The highest BCUT2D eigenvalue weighted by atomic mass is 15.2. The van der Waals surface area contributed by atoms with Crippen molar-refractivity contribution in [2.45, 2.75) is 0 Å². The van der Waals surface area contributed by atoms with Crippen LogP contribution in [0.1, 0.15) is 0 Å². The van der Waals surface area contributed by atoms with Crippen LogP contribution in [0.3, 0.4) is 0 Å². The predicted molar refractivity (Wildman–Crippen MR) is 183 cm³/mol. The highest BCUT2D eigenvalue weighted by molar-refractivity contribution is 6.33. The van der Waals surface area contributed by atoms with Gasteiger partial charge in [0.25, 0.3) is 0 Å². The third-order valence-electron chi connectivity index (χ3n) is 9.62. The van der Waals surface area contributed by atoms with Gasteiger partial charge in [-0.05, 0) is 40.4 Å². The minimum atomic E-state index is 0.692. The van der Waals surface area contributed by atoms with Crippen molar-refractivity contribution in [2.24, 2.45) is 0 Å². The molecule has 0 unspecified atom stereocenters. The molecule has 0 aliphatic rings. The van der Waals surface area contributed by atoms with Crippen LogP contribution in [0.2, 0.25) is 0 Å². The molecule has 0 atom stereocenters. The quantitative estimate of drug-likeness (QED) is 0.198. The zero-order valence-corrected chi connectivity index (χ0v) is 23.5. The Balaban J connectivity index is 1.36. The topological polar surface area (TPSA) is 35.1 Å². The number of para-hydroxylation sites is 1. The Morgan fingerprint density at radius 3 is 1.86 bits per heavy atom. The molecule has 0 aliphatic heterocycles. The van der Waals surface area contributed by atoms with Crippen LogP contribution in [0.15, 0.2) is 133 Å². The minimum absolute atomic E-state index is 0.692. The smallest absolute Gasteiger partial charge is 0.235 e. The predicted octanol–water partition coefficient (Wildman–Crippen LogP) is 10.1. The van der Waals surface area contributed by atoms with Crippen molar-refractivity contribution >= 4 is 81.6 Å². The van der Waals surface area contributed by atoms with Crippen molar-refractivity contribution in [3.8, 4) is 17.2 Å². The average Bonchev–Trinajstić information content (AvgIpc) is 3.74. The molecule has 202 valence electrons. The van der Waals surface area contributed by atoms with Gasteiger partial charge >= 0.3 is 0 Å². The van der Waals surface area contributed by atoms with Gasteiger partial charge in [-0.2, -0.15) is 0 Å². The first kappa shape index (κ1) is 22.6. The maximum atomic E-state index is 5.47. The monoisotopic (exact) mass is 558 g/mol. The van der Waals surface area contributed by atoms with Crippen molar-refractivity contribution in [2.75, 3.05) is 0 Å². The first-order chi connectivity index (χ1) is 21.9. The van der Waals surface area contributed by atoms with Gasteiger partial charge in [0.1, 0.15) is 0 Å². The van der Waals surface area contributed by atoms with Crippen LogP contribution >= 0.6 is 0 Å². The first-order valence-corrected chi connectivity index (χ1v) is 15.0. The van der Waals surface area contributed by atoms with Crippen molar-refractivity contribution in [1.82, 2.24) is 18.9 Å². The highest BCUT2D eigenvalue weighted by Gasteiger charge is 2.26. The number of fused-ring (bicyclic) bond motifs is 10. The van der Waals surface area contributed by atoms with E-state index in [4.69, 9.17) is 9.97 Å². The Morgan fingerprint density at radius 1 is 0.386 bits per heavy atom. The first-order valence-electron chi connectivity index (χ1n) is 15.0. The van der Waals surface area contributed by atoms with Crippen molar-refractivity contribution < 1.29 is 0 Å². The molecule has 11 rings (SSSR count). The third-order valence-corrected chi connectivity index (χ3v) is 9.62. The fourth-order valence-corrected chi connectivity index (χ4v) is 7.90. The summed E-state index contributed by atoms with van der Waals surface area (Å²) in [5.41, 5.74) is 9.00.